The average Bonchev–Trinajstić information content (AvgIpc) is 3.04. The Labute approximate surface area is 163 Å². The zero-order valence-electron chi connectivity index (χ0n) is 16.2. The van der Waals surface area contributed by atoms with Crippen LogP contribution in [0.15, 0.2) is 48.5 Å². The van der Waals surface area contributed by atoms with E-state index in [9.17, 15) is 4.79 Å². The van der Waals surface area contributed by atoms with Gasteiger partial charge in [0.1, 0.15) is 5.75 Å². The third kappa shape index (κ3) is 3.17. The molecule has 2 aromatic carbocycles. The van der Waals surface area contributed by atoms with Gasteiger partial charge in [-0.05, 0) is 49.7 Å². The van der Waals surface area contributed by atoms with Crippen molar-refractivity contribution in [1.29, 1.82) is 0 Å². The number of aromatic nitrogens is 3. The molecule has 0 aliphatic rings. The summed E-state index contributed by atoms with van der Waals surface area (Å²) in [4.78, 5) is 22.2. The van der Waals surface area contributed by atoms with Crippen LogP contribution in [0.25, 0.3) is 21.9 Å². The Morgan fingerprint density at radius 2 is 1.93 bits per heavy atom. The van der Waals surface area contributed by atoms with Crippen LogP contribution in [0.2, 0.25) is 0 Å². The molecule has 28 heavy (non-hydrogen) atoms. The van der Waals surface area contributed by atoms with Gasteiger partial charge in [0.05, 0.1) is 34.9 Å². The van der Waals surface area contributed by atoms with Crippen molar-refractivity contribution in [2.24, 2.45) is 0 Å². The number of hydrogen-bond donors (Lipinski definition) is 1. The van der Waals surface area contributed by atoms with Crippen LogP contribution in [-0.4, -0.2) is 27.6 Å². The van der Waals surface area contributed by atoms with Gasteiger partial charge in [0.25, 0.3) is 5.91 Å². The molecule has 0 atom stereocenters. The van der Waals surface area contributed by atoms with Gasteiger partial charge in [-0.2, -0.15) is 0 Å². The highest BCUT2D eigenvalue weighted by atomic mass is 16.5. The van der Waals surface area contributed by atoms with Gasteiger partial charge in [-0.25, -0.2) is 4.98 Å². The minimum Gasteiger partial charge on any atom is -0.497 e. The molecule has 0 unspecified atom stereocenters. The SMILES string of the molecule is CCCn1c(NC(=O)c2cc3cc(OC)ccc3nc2C)nc2ccccc21. The first-order chi connectivity index (χ1) is 13.6. The van der Waals surface area contributed by atoms with Crippen molar-refractivity contribution in [3.05, 3.63) is 59.8 Å². The molecule has 0 aliphatic carbocycles. The summed E-state index contributed by atoms with van der Waals surface area (Å²) in [6.07, 6.45) is 0.944. The molecule has 0 fully saturated rings. The maximum atomic E-state index is 13.0. The molecule has 0 radical (unpaired) electrons. The van der Waals surface area contributed by atoms with Crippen molar-refractivity contribution in [1.82, 2.24) is 14.5 Å². The van der Waals surface area contributed by atoms with Gasteiger partial charge < -0.3 is 9.30 Å². The molecule has 2 heterocycles. The number of pyridine rings is 1. The molecule has 6 heteroatoms. The van der Waals surface area contributed by atoms with Gasteiger partial charge in [-0.15, -0.1) is 0 Å². The number of carbonyl (C=O) groups excluding carboxylic acids is 1. The van der Waals surface area contributed by atoms with Crippen molar-refractivity contribution in [3.8, 4) is 5.75 Å². The highest BCUT2D eigenvalue weighted by Gasteiger charge is 2.17. The van der Waals surface area contributed by atoms with E-state index in [2.05, 4.69) is 22.2 Å². The Bertz CT molecular complexity index is 1180. The van der Waals surface area contributed by atoms with Gasteiger partial charge in [-0.3, -0.25) is 15.1 Å². The fourth-order valence-corrected chi connectivity index (χ4v) is 3.40. The van der Waals surface area contributed by atoms with E-state index >= 15 is 0 Å². The number of hydrogen-bond acceptors (Lipinski definition) is 4. The standard InChI is InChI=1S/C22H22N4O2/c1-4-11-26-20-8-6-5-7-19(20)24-22(26)25-21(27)17-13-15-12-16(28-3)9-10-18(15)23-14(17)2/h5-10,12-13H,4,11H2,1-3H3,(H,24,25,27). The average molecular weight is 374 g/mol. The lowest BCUT2D eigenvalue weighted by atomic mass is 10.1. The van der Waals surface area contributed by atoms with E-state index in [1.807, 2.05) is 60.0 Å². The van der Waals surface area contributed by atoms with Crippen LogP contribution in [0.5, 0.6) is 5.75 Å². The lowest BCUT2D eigenvalue weighted by Crippen LogP contribution is -2.17. The summed E-state index contributed by atoms with van der Waals surface area (Å²) in [5.74, 6) is 1.06. The summed E-state index contributed by atoms with van der Waals surface area (Å²) < 4.78 is 7.32. The highest BCUT2D eigenvalue weighted by molar-refractivity contribution is 6.06. The number of fused-ring (bicyclic) bond motifs is 2. The number of aryl methyl sites for hydroxylation is 2. The van der Waals surface area contributed by atoms with Crippen LogP contribution in [0.3, 0.4) is 0 Å². The second-order valence-electron chi connectivity index (χ2n) is 6.71. The number of nitrogens with one attached hydrogen (secondary N) is 1. The fraction of sp³-hybridized carbons (Fsp3) is 0.227. The number of amides is 1. The number of anilines is 1. The van der Waals surface area contributed by atoms with E-state index in [1.54, 1.807) is 7.11 Å². The smallest absolute Gasteiger partial charge is 0.259 e. The predicted octanol–water partition coefficient (Wildman–Crippen LogP) is 4.56. The maximum Gasteiger partial charge on any atom is 0.259 e. The number of rotatable bonds is 5. The first-order valence-electron chi connectivity index (χ1n) is 9.32. The molecule has 0 spiro atoms. The molecule has 0 bridgehead atoms. The molecular weight excluding hydrogens is 352 g/mol. The third-order valence-electron chi connectivity index (χ3n) is 4.78. The summed E-state index contributed by atoms with van der Waals surface area (Å²) in [7, 11) is 1.62. The van der Waals surface area contributed by atoms with Gasteiger partial charge >= 0.3 is 0 Å². The normalized spacial score (nSPS) is 11.1. The maximum absolute atomic E-state index is 13.0. The van der Waals surface area contributed by atoms with Gasteiger partial charge in [0, 0.05) is 11.9 Å². The Kier molecular flexibility index (Phi) is 4.69. The Morgan fingerprint density at radius 3 is 2.71 bits per heavy atom. The highest BCUT2D eigenvalue weighted by Crippen LogP contribution is 2.24. The zero-order chi connectivity index (χ0) is 19.7. The Morgan fingerprint density at radius 1 is 1.11 bits per heavy atom. The van der Waals surface area contributed by atoms with Crippen LogP contribution in [0, 0.1) is 6.92 Å². The molecule has 142 valence electrons. The zero-order valence-corrected chi connectivity index (χ0v) is 16.2. The minimum atomic E-state index is -0.220. The second-order valence-corrected chi connectivity index (χ2v) is 6.71. The molecule has 2 aromatic heterocycles. The van der Waals surface area contributed by atoms with Crippen LogP contribution < -0.4 is 10.1 Å². The first kappa shape index (κ1) is 18.0. The number of carbonyl (C=O) groups is 1. The molecule has 6 nitrogen and oxygen atoms in total. The van der Waals surface area contributed by atoms with Crippen molar-refractivity contribution in [2.45, 2.75) is 26.8 Å². The molecule has 0 saturated carbocycles. The summed E-state index contributed by atoms with van der Waals surface area (Å²) in [6.45, 7) is 4.72. The minimum absolute atomic E-state index is 0.220. The third-order valence-corrected chi connectivity index (χ3v) is 4.78. The van der Waals surface area contributed by atoms with E-state index in [-0.39, 0.29) is 5.91 Å². The number of methoxy groups -OCH3 is 1. The van der Waals surface area contributed by atoms with E-state index < -0.39 is 0 Å². The number of para-hydroxylation sites is 2. The lowest BCUT2D eigenvalue weighted by molar-refractivity contribution is 0.102. The quantitative estimate of drug-likeness (QED) is 0.556. The number of benzene rings is 2. The van der Waals surface area contributed by atoms with E-state index in [1.165, 1.54) is 0 Å². The van der Waals surface area contributed by atoms with Gasteiger partial charge in [0.2, 0.25) is 5.95 Å². The predicted molar refractivity (Wildman–Crippen MR) is 111 cm³/mol. The molecule has 0 saturated heterocycles. The van der Waals surface area contributed by atoms with Crippen LogP contribution in [-0.2, 0) is 6.54 Å². The number of ether oxygens (including phenoxy) is 1. The first-order valence-corrected chi connectivity index (χ1v) is 9.32. The molecule has 1 N–H and O–H groups in total. The number of nitrogens with zero attached hydrogens (tertiary/aromatic N) is 3. The summed E-state index contributed by atoms with van der Waals surface area (Å²) >= 11 is 0. The Hall–Kier alpha value is -3.41. The fourth-order valence-electron chi connectivity index (χ4n) is 3.40. The molecule has 0 aliphatic heterocycles. The molecule has 4 rings (SSSR count). The van der Waals surface area contributed by atoms with Crippen molar-refractivity contribution >= 4 is 33.8 Å². The van der Waals surface area contributed by atoms with Crippen LogP contribution in [0.1, 0.15) is 29.4 Å². The van der Waals surface area contributed by atoms with Gasteiger partial charge in [-0.1, -0.05) is 19.1 Å². The topological polar surface area (TPSA) is 69.0 Å². The molecule has 1 amide bonds. The van der Waals surface area contributed by atoms with Crippen molar-refractivity contribution in [2.75, 3.05) is 12.4 Å². The van der Waals surface area contributed by atoms with Gasteiger partial charge in [0.15, 0.2) is 0 Å². The molecular formula is C22H22N4O2. The molecule has 4 aromatic rings. The Balaban J connectivity index is 1.73. The monoisotopic (exact) mass is 374 g/mol. The lowest BCUT2D eigenvalue weighted by Gasteiger charge is -2.11. The van der Waals surface area contributed by atoms with E-state index in [0.717, 1.165) is 40.7 Å². The second kappa shape index (κ2) is 7.31. The van der Waals surface area contributed by atoms with Crippen LogP contribution in [0.4, 0.5) is 5.95 Å². The van der Waals surface area contributed by atoms with Crippen LogP contribution >= 0.6 is 0 Å². The van der Waals surface area contributed by atoms with Crippen molar-refractivity contribution in [3.63, 3.8) is 0 Å². The number of imidazole rings is 1. The summed E-state index contributed by atoms with van der Waals surface area (Å²) in [5.41, 5.74) is 3.90. The van der Waals surface area contributed by atoms with E-state index in [4.69, 9.17) is 4.74 Å². The van der Waals surface area contributed by atoms with E-state index in [0.29, 0.717) is 17.2 Å². The van der Waals surface area contributed by atoms with Crippen molar-refractivity contribution < 1.29 is 9.53 Å². The largest absolute Gasteiger partial charge is 0.497 e. The summed E-state index contributed by atoms with van der Waals surface area (Å²) in [5, 5.41) is 3.84. The summed E-state index contributed by atoms with van der Waals surface area (Å²) in [6, 6.07) is 15.4.